The highest BCUT2D eigenvalue weighted by Gasteiger charge is 2.29. The Kier molecular flexibility index (Phi) is 6.64. The van der Waals surface area contributed by atoms with E-state index >= 15 is 0 Å². The van der Waals surface area contributed by atoms with Crippen molar-refractivity contribution >= 4 is 34.2 Å². The molecule has 0 saturated carbocycles. The minimum absolute atomic E-state index is 0.127. The number of nitrogens with zero attached hydrogens (tertiary/aromatic N) is 1. The van der Waals surface area contributed by atoms with Crippen LogP contribution in [0.5, 0.6) is 0 Å². The quantitative estimate of drug-likeness (QED) is 0.723. The standard InChI is InChI=1S/C21H24N2O5S/c1-12(2)28-21(26)18-14-8-7-13(3)10-16(14)29-19(18)23-17(24)11-27-20(25)15-6-4-5-9-22-15/h4-6,9,12-13H,7-8,10-11H2,1-3H3,(H,23,24)/t13-/m1/s1. The number of hydrogen-bond donors (Lipinski definition) is 1. The Morgan fingerprint density at radius 1 is 1.28 bits per heavy atom. The summed E-state index contributed by atoms with van der Waals surface area (Å²) in [6, 6.07) is 4.85. The SMILES string of the molecule is CC(C)OC(=O)c1c(NC(=O)COC(=O)c2ccccn2)sc2c1CC[C@@H](C)C2. The van der Waals surface area contributed by atoms with Crippen molar-refractivity contribution in [1.29, 1.82) is 0 Å². The zero-order valence-corrected chi connectivity index (χ0v) is 17.5. The first kappa shape index (κ1) is 21.0. The first-order chi connectivity index (χ1) is 13.8. The second-order valence-corrected chi connectivity index (χ2v) is 8.45. The van der Waals surface area contributed by atoms with Crippen molar-refractivity contribution < 1.29 is 23.9 Å². The summed E-state index contributed by atoms with van der Waals surface area (Å²) in [5.41, 5.74) is 1.51. The summed E-state index contributed by atoms with van der Waals surface area (Å²) in [6.07, 6.45) is 3.84. The minimum Gasteiger partial charge on any atom is -0.459 e. The lowest BCUT2D eigenvalue weighted by Crippen LogP contribution is -2.22. The number of carbonyl (C=O) groups is 3. The second-order valence-electron chi connectivity index (χ2n) is 7.35. The van der Waals surface area contributed by atoms with Crippen molar-refractivity contribution in [3.63, 3.8) is 0 Å². The second kappa shape index (κ2) is 9.17. The number of fused-ring (bicyclic) bond motifs is 1. The van der Waals surface area contributed by atoms with Gasteiger partial charge in [-0.1, -0.05) is 13.0 Å². The number of pyridine rings is 1. The lowest BCUT2D eigenvalue weighted by molar-refractivity contribution is -0.119. The molecule has 0 unspecified atom stereocenters. The van der Waals surface area contributed by atoms with E-state index in [0.717, 1.165) is 29.7 Å². The highest BCUT2D eigenvalue weighted by atomic mass is 32.1. The van der Waals surface area contributed by atoms with Crippen molar-refractivity contribution in [3.05, 3.63) is 46.1 Å². The van der Waals surface area contributed by atoms with Crippen LogP contribution >= 0.6 is 11.3 Å². The fraction of sp³-hybridized carbons (Fsp3) is 0.429. The lowest BCUT2D eigenvalue weighted by Gasteiger charge is -2.18. The van der Waals surface area contributed by atoms with E-state index in [1.54, 1.807) is 26.0 Å². The third-order valence-corrected chi connectivity index (χ3v) is 5.69. The maximum absolute atomic E-state index is 12.7. The normalized spacial score (nSPS) is 15.5. The van der Waals surface area contributed by atoms with E-state index in [9.17, 15) is 14.4 Å². The molecule has 1 aliphatic rings. The van der Waals surface area contributed by atoms with Gasteiger partial charge in [0.15, 0.2) is 6.61 Å². The van der Waals surface area contributed by atoms with Crippen LogP contribution < -0.4 is 5.32 Å². The van der Waals surface area contributed by atoms with Gasteiger partial charge in [0.1, 0.15) is 10.7 Å². The van der Waals surface area contributed by atoms with Crippen LogP contribution in [0.2, 0.25) is 0 Å². The molecule has 29 heavy (non-hydrogen) atoms. The summed E-state index contributed by atoms with van der Waals surface area (Å²) in [7, 11) is 0. The molecule has 3 rings (SSSR count). The molecule has 2 aromatic rings. The van der Waals surface area contributed by atoms with Crippen molar-refractivity contribution in [2.45, 2.75) is 46.1 Å². The highest BCUT2D eigenvalue weighted by Crippen LogP contribution is 2.40. The molecule has 0 fully saturated rings. The molecule has 1 amide bonds. The van der Waals surface area contributed by atoms with Gasteiger partial charge in [-0.3, -0.25) is 4.79 Å². The number of hydrogen-bond acceptors (Lipinski definition) is 7. The van der Waals surface area contributed by atoms with Gasteiger partial charge in [-0.2, -0.15) is 0 Å². The average molecular weight is 416 g/mol. The maximum atomic E-state index is 12.7. The van der Waals surface area contributed by atoms with Crippen LogP contribution in [0.15, 0.2) is 24.4 Å². The number of ether oxygens (including phenoxy) is 2. The largest absolute Gasteiger partial charge is 0.459 e. The fourth-order valence-corrected chi connectivity index (χ4v) is 4.59. The first-order valence-corrected chi connectivity index (χ1v) is 10.4. The van der Waals surface area contributed by atoms with Gasteiger partial charge in [0, 0.05) is 11.1 Å². The van der Waals surface area contributed by atoms with E-state index in [1.807, 2.05) is 0 Å². The zero-order chi connectivity index (χ0) is 21.0. The Morgan fingerprint density at radius 3 is 2.76 bits per heavy atom. The first-order valence-electron chi connectivity index (χ1n) is 9.58. The van der Waals surface area contributed by atoms with E-state index in [1.165, 1.54) is 23.6 Å². The molecule has 1 atom stereocenters. The number of nitrogens with one attached hydrogen (secondary N) is 1. The van der Waals surface area contributed by atoms with Gasteiger partial charge >= 0.3 is 11.9 Å². The lowest BCUT2D eigenvalue weighted by atomic mass is 9.88. The van der Waals surface area contributed by atoms with Gasteiger partial charge in [-0.05, 0) is 56.7 Å². The molecule has 0 aliphatic heterocycles. The van der Waals surface area contributed by atoms with Crippen LogP contribution in [0.1, 0.15) is 58.5 Å². The number of rotatable bonds is 6. The van der Waals surface area contributed by atoms with Crippen LogP contribution in [0.25, 0.3) is 0 Å². The summed E-state index contributed by atoms with van der Waals surface area (Å²) in [5, 5.41) is 3.18. The van der Waals surface area contributed by atoms with Gasteiger partial charge in [0.05, 0.1) is 11.7 Å². The zero-order valence-electron chi connectivity index (χ0n) is 16.7. The molecule has 7 nitrogen and oxygen atoms in total. The van der Waals surface area contributed by atoms with Gasteiger partial charge in [-0.25, -0.2) is 14.6 Å². The Balaban J connectivity index is 1.73. The predicted octanol–water partition coefficient (Wildman–Crippen LogP) is 3.63. The number of amides is 1. The molecular formula is C21H24N2O5S. The topological polar surface area (TPSA) is 94.6 Å². The molecule has 0 bridgehead atoms. The number of anilines is 1. The molecule has 2 heterocycles. The predicted molar refractivity (Wildman–Crippen MR) is 109 cm³/mol. The summed E-state index contributed by atoms with van der Waals surface area (Å²) in [5.74, 6) is -1.11. The van der Waals surface area contributed by atoms with Crippen LogP contribution in [0, 0.1) is 5.92 Å². The van der Waals surface area contributed by atoms with Gasteiger partial charge in [0.25, 0.3) is 5.91 Å². The van der Waals surface area contributed by atoms with Gasteiger partial charge < -0.3 is 14.8 Å². The van der Waals surface area contributed by atoms with Crippen LogP contribution in [-0.2, 0) is 27.1 Å². The molecule has 8 heteroatoms. The van der Waals surface area contributed by atoms with Crippen molar-refractivity contribution in [3.8, 4) is 0 Å². The molecule has 0 saturated heterocycles. The third kappa shape index (κ3) is 5.20. The number of thiophene rings is 1. The molecule has 154 valence electrons. The average Bonchev–Trinajstić information content (AvgIpc) is 3.03. The summed E-state index contributed by atoms with van der Waals surface area (Å²) in [6.45, 7) is 5.28. The summed E-state index contributed by atoms with van der Waals surface area (Å²) < 4.78 is 10.4. The molecule has 0 aromatic carbocycles. The summed E-state index contributed by atoms with van der Waals surface area (Å²) >= 11 is 1.39. The molecule has 1 N–H and O–H groups in total. The van der Waals surface area contributed by atoms with E-state index in [0.29, 0.717) is 16.5 Å². The van der Waals surface area contributed by atoms with Crippen LogP contribution in [-0.4, -0.2) is 35.5 Å². The van der Waals surface area contributed by atoms with E-state index < -0.39 is 24.5 Å². The number of esters is 2. The van der Waals surface area contributed by atoms with Crippen LogP contribution in [0.3, 0.4) is 0 Å². The number of aromatic nitrogens is 1. The molecule has 1 aliphatic carbocycles. The molecule has 0 spiro atoms. The smallest absolute Gasteiger partial charge is 0.357 e. The van der Waals surface area contributed by atoms with Crippen molar-refractivity contribution in [2.75, 3.05) is 11.9 Å². The monoisotopic (exact) mass is 416 g/mol. The Hall–Kier alpha value is -2.74. The third-order valence-electron chi connectivity index (χ3n) is 4.52. The van der Waals surface area contributed by atoms with Crippen molar-refractivity contribution in [1.82, 2.24) is 4.98 Å². The van der Waals surface area contributed by atoms with E-state index in [2.05, 4.69) is 17.2 Å². The van der Waals surface area contributed by atoms with Gasteiger partial charge in [-0.15, -0.1) is 11.3 Å². The Labute approximate surface area is 173 Å². The highest BCUT2D eigenvalue weighted by molar-refractivity contribution is 7.17. The minimum atomic E-state index is -0.681. The van der Waals surface area contributed by atoms with Crippen molar-refractivity contribution in [2.24, 2.45) is 5.92 Å². The Bertz CT molecular complexity index is 907. The Morgan fingerprint density at radius 2 is 2.07 bits per heavy atom. The molecule has 2 aromatic heterocycles. The van der Waals surface area contributed by atoms with Gasteiger partial charge in [0.2, 0.25) is 0 Å². The fourth-order valence-electron chi connectivity index (χ4n) is 3.18. The summed E-state index contributed by atoms with van der Waals surface area (Å²) in [4.78, 5) is 42.0. The number of carbonyl (C=O) groups excluding carboxylic acids is 3. The molecular weight excluding hydrogens is 392 g/mol. The molecule has 0 radical (unpaired) electrons. The van der Waals surface area contributed by atoms with E-state index in [4.69, 9.17) is 9.47 Å². The van der Waals surface area contributed by atoms with E-state index in [-0.39, 0.29) is 11.8 Å². The maximum Gasteiger partial charge on any atom is 0.357 e. The van der Waals surface area contributed by atoms with Crippen LogP contribution in [0.4, 0.5) is 5.00 Å².